The molecule has 2 aromatic heterocycles. The Kier molecular flexibility index (Phi) is 12.1. The number of carbonyl (C=O) groups excluding carboxylic acids is 4. The summed E-state index contributed by atoms with van der Waals surface area (Å²) in [6, 6.07) is 22.1. The molecule has 5 heterocycles. The van der Waals surface area contributed by atoms with E-state index in [0.29, 0.717) is 48.8 Å². The number of nitrogens with one attached hydrogen (secondary N) is 3. The van der Waals surface area contributed by atoms with Gasteiger partial charge in [0, 0.05) is 74.9 Å². The molecule has 2 fully saturated rings. The van der Waals surface area contributed by atoms with Crippen LogP contribution in [0.3, 0.4) is 0 Å². The number of rotatable bonds is 15. The molecule has 0 spiro atoms. The van der Waals surface area contributed by atoms with Crippen LogP contribution in [-0.2, 0) is 29.7 Å². The van der Waals surface area contributed by atoms with Crippen LogP contribution in [-0.4, -0.2) is 104 Å². The highest BCUT2D eigenvalue weighted by atomic mass is 16.5. The van der Waals surface area contributed by atoms with Crippen molar-refractivity contribution in [3.05, 3.63) is 113 Å². The maximum Gasteiger partial charge on any atom is 0.255 e. The number of imide groups is 1. The van der Waals surface area contributed by atoms with Crippen LogP contribution in [0.15, 0.2) is 85.3 Å². The van der Waals surface area contributed by atoms with Crippen molar-refractivity contribution in [1.82, 2.24) is 45.2 Å². The lowest BCUT2D eigenvalue weighted by molar-refractivity contribution is -0.136. The fourth-order valence-electron chi connectivity index (χ4n) is 7.96. The number of unbranched alkanes of at least 4 members (excludes halogenated alkanes) is 1. The van der Waals surface area contributed by atoms with Gasteiger partial charge in [-0.05, 0) is 98.5 Å². The molecule has 2 saturated heterocycles. The predicted octanol–water partition coefficient (Wildman–Crippen LogP) is 4.12. The van der Waals surface area contributed by atoms with Crippen LogP contribution in [0.4, 0.5) is 11.4 Å². The van der Waals surface area contributed by atoms with Gasteiger partial charge in [-0.25, -0.2) is 9.97 Å². The summed E-state index contributed by atoms with van der Waals surface area (Å²) in [5.74, 6) is 1.14. The zero-order valence-electron chi connectivity index (χ0n) is 33.8. The smallest absolute Gasteiger partial charge is 0.255 e. The summed E-state index contributed by atoms with van der Waals surface area (Å²) in [4.78, 5) is 65.1. The van der Waals surface area contributed by atoms with Gasteiger partial charge in [-0.1, -0.05) is 18.2 Å². The summed E-state index contributed by atoms with van der Waals surface area (Å²) >= 11 is 0. The van der Waals surface area contributed by atoms with E-state index in [9.17, 15) is 19.2 Å². The van der Waals surface area contributed by atoms with Crippen molar-refractivity contribution in [2.75, 3.05) is 49.5 Å². The first kappa shape index (κ1) is 40.1. The van der Waals surface area contributed by atoms with Crippen molar-refractivity contribution >= 4 is 35.0 Å². The molecular weight excluding hydrogens is 763 g/mol. The number of piperazine rings is 1. The molecule has 16 nitrogen and oxygen atoms in total. The Hall–Kier alpha value is -6.68. The minimum Gasteiger partial charge on any atom is -0.494 e. The molecule has 2 atom stereocenters. The van der Waals surface area contributed by atoms with E-state index in [1.807, 2.05) is 73.1 Å². The molecule has 0 aliphatic carbocycles. The standard InChI is InChI=1S/C44H49N11O5/c1-29(48-42(57)31-8-5-9-33(23-31)46-26-39-50-51-41(52(39)2)37-15-16-45-28-47-37)30-7-6-10-35(25-30)60-22-4-3-17-53-18-20-54(21-19-53)34-11-12-36-32(24-34)27-55(44(36)59)38-13-14-40(56)49-43(38)58/h5-12,15-16,23-25,28-29,38,46H,3-4,13-14,17-22,26-27H2,1-2H3,(H,48,57)(H,49,56,58)/t29-,38?/m1/s1. The van der Waals surface area contributed by atoms with Crippen LogP contribution in [0, 0.1) is 0 Å². The summed E-state index contributed by atoms with van der Waals surface area (Å²) in [5.41, 5.74) is 5.62. The van der Waals surface area contributed by atoms with Crippen LogP contribution < -0.4 is 25.6 Å². The first-order valence-electron chi connectivity index (χ1n) is 20.5. The highest BCUT2D eigenvalue weighted by Crippen LogP contribution is 2.31. The van der Waals surface area contributed by atoms with Gasteiger partial charge < -0.3 is 29.7 Å². The third-order valence-electron chi connectivity index (χ3n) is 11.4. The quantitative estimate of drug-likeness (QED) is 0.102. The van der Waals surface area contributed by atoms with Crippen molar-refractivity contribution in [1.29, 1.82) is 0 Å². The number of benzene rings is 3. The van der Waals surface area contributed by atoms with E-state index < -0.39 is 11.9 Å². The topological polar surface area (TPSA) is 180 Å². The van der Waals surface area contributed by atoms with Crippen LogP contribution in [0.2, 0.25) is 0 Å². The molecule has 0 radical (unpaired) electrons. The van der Waals surface area contributed by atoms with E-state index in [1.54, 1.807) is 23.2 Å². The van der Waals surface area contributed by atoms with E-state index in [0.717, 1.165) is 79.6 Å². The normalized spacial score (nSPS) is 17.3. The fourth-order valence-corrected chi connectivity index (χ4v) is 7.96. The second-order valence-electron chi connectivity index (χ2n) is 15.4. The lowest BCUT2D eigenvalue weighted by atomic mass is 10.0. The second kappa shape index (κ2) is 18.1. The molecule has 0 bridgehead atoms. The number of hydrogen-bond donors (Lipinski definition) is 3. The molecule has 3 aromatic carbocycles. The summed E-state index contributed by atoms with van der Waals surface area (Å²) < 4.78 is 8.01. The lowest BCUT2D eigenvalue weighted by Gasteiger charge is -2.36. The summed E-state index contributed by atoms with van der Waals surface area (Å²) in [7, 11) is 1.89. The van der Waals surface area contributed by atoms with Gasteiger partial charge in [0.1, 0.15) is 23.8 Å². The third-order valence-corrected chi connectivity index (χ3v) is 11.4. The molecule has 3 N–H and O–H groups in total. The number of hydrogen-bond acceptors (Lipinski definition) is 12. The Labute approximate surface area is 348 Å². The lowest BCUT2D eigenvalue weighted by Crippen LogP contribution is -2.52. The number of anilines is 2. The Morgan fingerprint density at radius 2 is 1.82 bits per heavy atom. The number of piperidine rings is 1. The molecule has 310 valence electrons. The van der Waals surface area contributed by atoms with Crippen molar-refractivity contribution in [3.63, 3.8) is 0 Å². The van der Waals surface area contributed by atoms with Crippen LogP contribution in [0.5, 0.6) is 5.75 Å². The average molecular weight is 812 g/mol. The Bertz CT molecular complexity index is 2360. The number of fused-ring (bicyclic) bond motifs is 1. The third kappa shape index (κ3) is 9.13. The monoisotopic (exact) mass is 811 g/mol. The molecule has 5 aromatic rings. The van der Waals surface area contributed by atoms with Gasteiger partial charge in [0.2, 0.25) is 11.8 Å². The molecule has 60 heavy (non-hydrogen) atoms. The van der Waals surface area contributed by atoms with Crippen molar-refractivity contribution < 1.29 is 23.9 Å². The molecular formula is C44H49N11O5. The van der Waals surface area contributed by atoms with E-state index in [2.05, 4.69) is 52.0 Å². The van der Waals surface area contributed by atoms with E-state index in [4.69, 9.17) is 4.74 Å². The first-order valence-corrected chi connectivity index (χ1v) is 20.5. The zero-order valence-corrected chi connectivity index (χ0v) is 33.8. The van der Waals surface area contributed by atoms with E-state index >= 15 is 0 Å². The summed E-state index contributed by atoms with van der Waals surface area (Å²) in [6.45, 7) is 8.02. The largest absolute Gasteiger partial charge is 0.494 e. The maximum atomic E-state index is 13.3. The minimum absolute atomic E-state index is 0.148. The number of carbonyl (C=O) groups is 4. The maximum absolute atomic E-state index is 13.3. The van der Waals surface area contributed by atoms with Gasteiger partial charge in [0.25, 0.3) is 11.8 Å². The second-order valence-corrected chi connectivity index (χ2v) is 15.4. The van der Waals surface area contributed by atoms with Crippen molar-refractivity contribution in [2.24, 2.45) is 7.05 Å². The Balaban J connectivity index is 0.744. The van der Waals surface area contributed by atoms with Gasteiger partial charge >= 0.3 is 0 Å². The van der Waals surface area contributed by atoms with Gasteiger partial charge in [0.15, 0.2) is 11.6 Å². The van der Waals surface area contributed by atoms with Gasteiger partial charge in [0.05, 0.1) is 19.2 Å². The molecule has 16 heteroatoms. The van der Waals surface area contributed by atoms with Gasteiger partial charge in [-0.15, -0.1) is 10.2 Å². The molecule has 8 rings (SSSR count). The zero-order chi connectivity index (χ0) is 41.6. The molecule has 3 aliphatic heterocycles. The number of nitrogens with zero attached hydrogens (tertiary/aromatic N) is 8. The molecule has 3 aliphatic rings. The summed E-state index contributed by atoms with van der Waals surface area (Å²) in [5, 5.41) is 17.4. The highest BCUT2D eigenvalue weighted by Gasteiger charge is 2.39. The van der Waals surface area contributed by atoms with E-state index in [1.165, 1.54) is 6.33 Å². The van der Waals surface area contributed by atoms with Crippen LogP contribution in [0.1, 0.15) is 76.3 Å². The number of amides is 4. The minimum atomic E-state index is -0.608. The van der Waals surface area contributed by atoms with Crippen molar-refractivity contribution in [3.8, 4) is 17.3 Å². The summed E-state index contributed by atoms with van der Waals surface area (Å²) in [6.07, 6.45) is 5.68. The van der Waals surface area contributed by atoms with Crippen LogP contribution >= 0.6 is 0 Å². The number of aromatic nitrogens is 5. The molecule has 1 unspecified atom stereocenters. The SMILES string of the molecule is C[C@@H](NC(=O)c1cccc(NCc2nnc(-c3ccncn3)n2C)c1)c1cccc(OCCCCN2CCN(c3ccc4c(c3)CN(C3CCC(=O)NC3=O)C4=O)CC2)c1. The molecule has 4 amide bonds. The number of ether oxygens (including phenoxy) is 1. The Morgan fingerprint density at radius 3 is 2.63 bits per heavy atom. The van der Waals surface area contributed by atoms with Crippen molar-refractivity contribution in [2.45, 2.75) is 57.8 Å². The highest BCUT2D eigenvalue weighted by molar-refractivity contribution is 6.05. The Morgan fingerprint density at radius 1 is 0.967 bits per heavy atom. The van der Waals surface area contributed by atoms with Gasteiger partial charge in [-0.3, -0.25) is 29.4 Å². The van der Waals surface area contributed by atoms with Crippen LogP contribution in [0.25, 0.3) is 11.5 Å². The predicted molar refractivity (Wildman–Crippen MR) is 224 cm³/mol. The molecule has 0 saturated carbocycles. The average Bonchev–Trinajstić information content (AvgIpc) is 3.81. The first-order chi connectivity index (χ1) is 29.2. The van der Waals surface area contributed by atoms with E-state index in [-0.39, 0.29) is 30.2 Å². The fraction of sp³-hybridized carbons (Fsp3) is 0.364. The van der Waals surface area contributed by atoms with Gasteiger partial charge in [-0.2, -0.15) is 0 Å².